The molecule has 1 aromatic carbocycles. The molecule has 2 aromatic rings. The number of nitrogens with zero attached hydrogens (tertiary/aromatic N) is 2. The van der Waals surface area contributed by atoms with Crippen LogP contribution in [0.15, 0.2) is 36.5 Å². The maximum absolute atomic E-state index is 12.5. The largest absolute Gasteiger partial charge is 0.494 e. The Labute approximate surface area is 159 Å². The Bertz CT molecular complexity index is 782. The van der Waals surface area contributed by atoms with Crippen molar-refractivity contribution in [1.29, 1.82) is 0 Å². The summed E-state index contributed by atoms with van der Waals surface area (Å²) in [5.74, 6) is -0.0129. The Hall–Kier alpha value is -2.48. The first kappa shape index (κ1) is 20.8. The van der Waals surface area contributed by atoms with Gasteiger partial charge in [-0.3, -0.25) is 4.79 Å². The number of aromatic nitrogens is 1. The van der Waals surface area contributed by atoms with E-state index in [4.69, 9.17) is 16.3 Å². The first-order valence-electron chi connectivity index (χ1n) is 8.02. The molecule has 0 aliphatic heterocycles. The van der Waals surface area contributed by atoms with Gasteiger partial charge in [-0.05, 0) is 30.7 Å². The van der Waals surface area contributed by atoms with E-state index in [-0.39, 0.29) is 22.4 Å². The molecule has 0 saturated carbocycles. The summed E-state index contributed by atoms with van der Waals surface area (Å²) in [7, 11) is 1.60. The predicted molar refractivity (Wildman–Crippen MR) is 94.2 cm³/mol. The summed E-state index contributed by atoms with van der Waals surface area (Å²) in [6.07, 6.45) is -3.37. The maximum Gasteiger partial charge on any atom is 0.422 e. The second kappa shape index (κ2) is 8.94. The van der Waals surface area contributed by atoms with Crippen LogP contribution in [-0.4, -0.2) is 42.2 Å². The molecule has 1 amide bonds. The molecule has 0 N–H and O–H groups in total. The van der Waals surface area contributed by atoms with Crippen molar-refractivity contribution in [3.05, 3.63) is 52.7 Å². The summed E-state index contributed by atoms with van der Waals surface area (Å²) in [6, 6.07) is 8.53. The number of hydrogen-bond donors (Lipinski definition) is 0. The fourth-order valence-corrected chi connectivity index (χ4v) is 2.44. The Kier molecular flexibility index (Phi) is 6.90. The molecular weight excluding hydrogens is 385 g/mol. The van der Waals surface area contributed by atoms with Gasteiger partial charge in [0.1, 0.15) is 10.8 Å². The first-order valence-corrected chi connectivity index (χ1v) is 8.39. The van der Waals surface area contributed by atoms with E-state index in [9.17, 15) is 18.0 Å². The van der Waals surface area contributed by atoms with Crippen LogP contribution in [0.4, 0.5) is 13.2 Å². The molecule has 146 valence electrons. The average Bonchev–Trinajstić information content (AvgIpc) is 2.61. The Morgan fingerprint density at radius 2 is 1.89 bits per heavy atom. The van der Waals surface area contributed by atoms with E-state index >= 15 is 0 Å². The Morgan fingerprint density at radius 1 is 1.22 bits per heavy atom. The van der Waals surface area contributed by atoms with Crippen molar-refractivity contribution in [3.63, 3.8) is 0 Å². The number of carbonyl (C=O) groups is 1. The van der Waals surface area contributed by atoms with Crippen molar-refractivity contribution in [2.45, 2.75) is 19.6 Å². The molecule has 1 heterocycles. The van der Waals surface area contributed by atoms with Crippen molar-refractivity contribution < 1.29 is 27.4 Å². The van der Waals surface area contributed by atoms with Gasteiger partial charge in [-0.15, -0.1) is 0 Å². The summed E-state index contributed by atoms with van der Waals surface area (Å²) in [4.78, 5) is 17.6. The smallest absolute Gasteiger partial charge is 0.422 e. The minimum atomic E-state index is -4.50. The van der Waals surface area contributed by atoms with Gasteiger partial charge in [0.2, 0.25) is 5.88 Å². The molecule has 0 fully saturated rings. The van der Waals surface area contributed by atoms with Gasteiger partial charge < -0.3 is 14.4 Å². The lowest BCUT2D eigenvalue weighted by Crippen LogP contribution is -2.26. The molecule has 0 bridgehead atoms. The molecule has 0 radical (unpaired) electrons. The van der Waals surface area contributed by atoms with Crippen molar-refractivity contribution in [3.8, 4) is 11.6 Å². The molecule has 1 aromatic heterocycles. The minimum absolute atomic E-state index is 0.146. The summed E-state index contributed by atoms with van der Waals surface area (Å²) < 4.78 is 46.5. The zero-order valence-corrected chi connectivity index (χ0v) is 15.5. The van der Waals surface area contributed by atoms with E-state index in [1.165, 1.54) is 11.0 Å². The molecule has 0 atom stereocenters. The van der Waals surface area contributed by atoms with Gasteiger partial charge in [-0.2, -0.15) is 13.2 Å². The summed E-state index contributed by atoms with van der Waals surface area (Å²) in [6.45, 7) is 1.27. The third kappa shape index (κ3) is 6.32. The molecule has 0 unspecified atom stereocenters. The molecule has 2 rings (SSSR count). The normalized spacial score (nSPS) is 11.2. The lowest BCUT2D eigenvalue weighted by atomic mass is 10.2. The molecule has 5 nitrogen and oxygen atoms in total. The maximum atomic E-state index is 12.5. The van der Waals surface area contributed by atoms with Gasteiger partial charge in [0, 0.05) is 19.8 Å². The number of halogens is 4. The minimum Gasteiger partial charge on any atom is -0.494 e. The zero-order chi connectivity index (χ0) is 20.0. The Morgan fingerprint density at radius 3 is 2.44 bits per heavy atom. The molecule has 0 aliphatic rings. The van der Waals surface area contributed by atoms with Crippen LogP contribution in [0.3, 0.4) is 0 Å². The number of pyridine rings is 1. The van der Waals surface area contributed by atoms with Crippen LogP contribution in [-0.2, 0) is 6.54 Å². The molecule has 27 heavy (non-hydrogen) atoms. The number of carbonyl (C=O) groups excluding carboxylic acids is 1. The molecule has 0 aliphatic carbocycles. The highest BCUT2D eigenvalue weighted by atomic mass is 35.5. The van der Waals surface area contributed by atoms with Crippen LogP contribution in [0.1, 0.15) is 22.8 Å². The lowest BCUT2D eigenvalue weighted by molar-refractivity contribution is -0.154. The van der Waals surface area contributed by atoms with Gasteiger partial charge >= 0.3 is 6.18 Å². The number of alkyl halides is 3. The second-order valence-electron chi connectivity index (χ2n) is 5.65. The van der Waals surface area contributed by atoms with Crippen LogP contribution >= 0.6 is 11.6 Å². The van der Waals surface area contributed by atoms with Crippen LogP contribution in [0.2, 0.25) is 5.02 Å². The summed E-state index contributed by atoms with van der Waals surface area (Å²) in [5, 5.41) is -0.167. The van der Waals surface area contributed by atoms with E-state index in [1.807, 2.05) is 31.2 Å². The van der Waals surface area contributed by atoms with Gasteiger partial charge in [0.25, 0.3) is 5.91 Å². The average molecular weight is 403 g/mol. The van der Waals surface area contributed by atoms with Crippen molar-refractivity contribution in [2.75, 3.05) is 20.3 Å². The SMILES string of the molecule is CCOc1ccc(CN(C)C(=O)c2cnc(OCC(F)(F)F)c(Cl)c2)cc1. The fourth-order valence-electron chi connectivity index (χ4n) is 2.22. The van der Waals surface area contributed by atoms with Crippen molar-refractivity contribution in [1.82, 2.24) is 9.88 Å². The van der Waals surface area contributed by atoms with E-state index in [1.54, 1.807) is 7.05 Å². The second-order valence-corrected chi connectivity index (χ2v) is 6.06. The van der Waals surface area contributed by atoms with Crippen LogP contribution in [0.5, 0.6) is 11.6 Å². The molecule has 0 saturated heterocycles. The third-order valence-electron chi connectivity index (χ3n) is 3.43. The van der Waals surface area contributed by atoms with E-state index < -0.39 is 12.8 Å². The van der Waals surface area contributed by atoms with E-state index in [2.05, 4.69) is 9.72 Å². The number of rotatable bonds is 7. The van der Waals surface area contributed by atoms with Gasteiger partial charge in [0.15, 0.2) is 6.61 Å². The fraction of sp³-hybridized carbons (Fsp3) is 0.333. The third-order valence-corrected chi connectivity index (χ3v) is 3.70. The van der Waals surface area contributed by atoms with Gasteiger partial charge in [-0.1, -0.05) is 23.7 Å². The van der Waals surface area contributed by atoms with E-state index in [0.29, 0.717) is 13.2 Å². The molecule has 0 spiro atoms. The quantitative estimate of drug-likeness (QED) is 0.691. The number of amides is 1. The highest BCUT2D eigenvalue weighted by Gasteiger charge is 2.29. The number of ether oxygens (including phenoxy) is 2. The van der Waals surface area contributed by atoms with Gasteiger partial charge in [0.05, 0.1) is 12.2 Å². The molecular formula is C18H18ClF3N2O3. The summed E-state index contributed by atoms with van der Waals surface area (Å²) in [5.41, 5.74) is 1.03. The Balaban J connectivity index is 2.02. The zero-order valence-electron chi connectivity index (χ0n) is 14.7. The predicted octanol–water partition coefficient (Wildman–Crippen LogP) is 4.35. The van der Waals surface area contributed by atoms with Crippen molar-refractivity contribution in [2.24, 2.45) is 0 Å². The standard InChI is InChI=1S/C18H18ClF3N2O3/c1-3-26-14-6-4-12(5-7-14)10-24(2)17(25)13-8-15(19)16(23-9-13)27-11-18(20,21)22/h4-9H,3,10-11H2,1-2H3. The van der Waals surface area contributed by atoms with Gasteiger partial charge in [-0.25, -0.2) is 4.98 Å². The highest BCUT2D eigenvalue weighted by molar-refractivity contribution is 6.32. The van der Waals surface area contributed by atoms with Crippen molar-refractivity contribution >= 4 is 17.5 Å². The lowest BCUT2D eigenvalue weighted by Gasteiger charge is -2.18. The number of benzene rings is 1. The summed E-state index contributed by atoms with van der Waals surface area (Å²) >= 11 is 5.87. The molecule has 9 heteroatoms. The van der Waals surface area contributed by atoms with Crippen LogP contribution in [0, 0.1) is 0 Å². The number of hydrogen-bond acceptors (Lipinski definition) is 4. The van der Waals surface area contributed by atoms with E-state index in [0.717, 1.165) is 17.5 Å². The van der Waals surface area contributed by atoms with Crippen LogP contribution < -0.4 is 9.47 Å². The highest BCUT2D eigenvalue weighted by Crippen LogP contribution is 2.25. The monoisotopic (exact) mass is 402 g/mol. The first-order chi connectivity index (χ1) is 12.7. The van der Waals surface area contributed by atoms with Crippen LogP contribution in [0.25, 0.3) is 0 Å². The topological polar surface area (TPSA) is 51.7 Å².